The van der Waals surface area contributed by atoms with E-state index in [2.05, 4.69) is 10.5 Å². The molecule has 1 aromatic carbocycles. The smallest absolute Gasteiger partial charge is 0.290 e. The number of amides is 2. The van der Waals surface area contributed by atoms with Crippen LogP contribution < -0.4 is 5.32 Å². The number of nitrogens with zero attached hydrogens (tertiary/aromatic N) is 2. The van der Waals surface area contributed by atoms with Gasteiger partial charge >= 0.3 is 0 Å². The number of halogens is 2. The first-order chi connectivity index (χ1) is 14.5. The van der Waals surface area contributed by atoms with Crippen molar-refractivity contribution >= 4 is 23.2 Å². The van der Waals surface area contributed by atoms with Gasteiger partial charge in [0.1, 0.15) is 0 Å². The van der Waals surface area contributed by atoms with Gasteiger partial charge in [-0.1, -0.05) is 17.3 Å². The Kier molecular flexibility index (Phi) is 5.89. The molecule has 1 saturated heterocycles. The Bertz CT molecular complexity index is 1040. The minimum Gasteiger partial charge on any atom is -0.351 e. The highest BCUT2D eigenvalue weighted by Gasteiger charge is 2.29. The molecule has 30 heavy (non-hydrogen) atoms. The molecule has 1 fully saturated rings. The van der Waals surface area contributed by atoms with Gasteiger partial charge in [0.05, 0.1) is 17.8 Å². The zero-order valence-corrected chi connectivity index (χ0v) is 16.8. The fraction of sp³-hybridized carbons (Fsp3) is 0.286. The van der Waals surface area contributed by atoms with Crippen LogP contribution in [0.1, 0.15) is 50.2 Å². The highest BCUT2D eigenvalue weighted by molar-refractivity contribution is 7.09. The van der Waals surface area contributed by atoms with E-state index in [1.807, 2.05) is 17.5 Å². The fourth-order valence-corrected chi connectivity index (χ4v) is 4.12. The van der Waals surface area contributed by atoms with Gasteiger partial charge in [-0.25, -0.2) is 8.78 Å². The SMILES string of the molecule is O=C(NCc1cccs1)c1cc(C2CCN(C(=O)c3cccc(F)c3F)CC2)no1. The molecule has 2 amide bonds. The molecule has 1 aliphatic rings. The van der Waals surface area contributed by atoms with E-state index in [1.165, 1.54) is 17.0 Å². The monoisotopic (exact) mass is 431 g/mol. The summed E-state index contributed by atoms with van der Waals surface area (Å²) in [5, 5.41) is 8.74. The van der Waals surface area contributed by atoms with Crippen LogP contribution in [0.3, 0.4) is 0 Å². The third-order valence-electron chi connectivity index (χ3n) is 5.14. The molecular formula is C21H19F2N3O3S. The van der Waals surface area contributed by atoms with Gasteiger partial charge in [-0.15, -0.1) is 11.3 Å². The van der Waals surface area contributed by atoms with Gasteiger partial charge in [0.25, 0.3) is 11.8 Å². The number of rotatable bonds is 5. The lowest BCUT2D eigenvalue weighted by molar-refractivity contribution is 0.0705. The van der Waals surface area contributed by atoms with Gasteiger partial charge in [-0.3, -0.25) is 9.59 Å². The molecular weight excluding hydrogens is 412 g/mol. The molecule has 6 nitrogen and oxygen atoms in total. The third-order valence-corrected chi connectivity index (χ3v) is 6.01. The van der Waals surface area contributed by atoms with Crippen molar-refractivity contribution in [1.82, 2.24) is 15.4 Å². The van der Waals surface area contributed by atoms with E-state index in [4.69, 9.17) is 4.52 Å². The molecule has 0 unspecified atom stereocenters. The van der Waals surface area contributed by atoms with Crippen LogP contribution in [0, 0.1) is 11.6 Å². The Morgan fingerprint density at radius 3 is 2.73 bits per heavy atom. The molecule has 2 aromatic heterocycles. The Balaban J connectivity index is 1.33. The topological polar surface area (TPSA) is 75.4 Å². The summed E-state index contributed by atoms with van der Waals surface area (Å²) in [6.45, 7) is 1.18. The van der Waals surface area contributed by atoms with Gasteiger partial charge in [-0.2, -0.15) is 0 Å². The van der Waals surface area contributed by atoms with Crippen molar-refractivity contribution in [2.24, 2.45) is 0 Å². The summed E-state index contributed by atoms with van der Waals surface area (Å²) in [6.07, 6.45) is 1.18. The van der Waals surface area contributed by atoms with Crippen molar-refractivity contribution in [3.8, 4) is 0 Å². The molecule has 0 atom stereocenters. The zero-order valence-electron chi connectivity index (χ0n) is 15.9. The summed E-state index contributed by atoms with van der Waals surface area (Å²) in [7, 11) is 0. The second kappa shape index (κ2) is 8.74. The van der Waals surface area contributed by atoms with Crippen molar-refractivity contribution in [1.29, 1.82) is 0 Å². The summed E-state index contributed by atoms with van der Waals surface area (Å²) in [5.74, 6) is -2.87. The number of nitrogens with one attached hydrogen (secondary N) is 1. The summed E-state index contributed by atoms with van der Waals surface area (Å²) in [4.78, 5) is 27.3. The van der Waals surface area contributed by atoms with Crippen molar-refractivity contribution in [2.75, 3.05) is 13.1 Å². The number of hydrogen-bond donors (Lipinski definition) is 1. The molecule has 156 valence electrons. The lowest BCUT2D eigenvalue weighted by atomic mass is 9.93. The molecule has 0 bridgehead atoms. The van der Waals surface area contributed by atoms with E-state index in [-0.39, 0.29) is 23.1 Å². The standard InChI is InChI=1S/C21H19F2N3O3S/c22-16-5-1-4-15(19(16)23)21(28)26-8-6-13(7-9-26)17-11-18(29-25-17)20(27)24-12-14-3-2-10-30-14/h1-5,10-11,13H,6-9,12H2,(H,24,27). The van der Waals surface area contributed by atoms with Gasteiger partial charge in [0, 0.05) is 30.0 Å². The third kappa shape index (κ3) is 4.25. The first-order valence-corrected chi connectivity index (χ1v) is 10.4. The normalized spacial score (nSPS) is 14.7. The molecule has 0 aliphatic carbocycles. The lowest BCUT2D eigenvalue weighted by Gasteiger charge is -2.31. The van der Waals surface area contributed by atoms with Crippen molar-refractivity contribution in [3.05, 3.63) is 75.3 Å². The Morgan fingerprint density at radius 1 is 1.20 bits per heavy atom. The van der Waals surface area contributed by atoms with E-state index in [0.717, 1.165) is 10.9 Å². The molecule has 3 heterocycles. The first-order valence-electron chi connectivity index (χ1n) is 9.53. The van der Waals surface area contributed by atoms with Crippen LogP contribution in [0.25, 0.3) is 0 Å². The first kappa shape index (κ1) is 20.2. The van der Waals surface area contributed by atoms with E-state index < -0.39 is 17.5 Å². The molecule has 1 aliphatic heterocycles. The van der Waals surface area contributed by atoms with Gasteiger partial charge in [-0.05, 0) is 36.4 Å². The quantitative estimate of drug-likeness (QED) is 0.664. The maximum Gasteiger partial charge on any atom is 0.290 e. The second-order valence-corrected chi connectivity index (χ2v) is 8.08. The van der Waals surface area contributed by atoms with Crippen LogP contribution in [0.2, 0.25) is 0 Å². The van der Waals surface area contributed by atoms with E-state index >= 15 is 0 Å². The predicted molar refractivity (Wildman–Crippen MR) is 106 cm³/mol. The number of likely N-dealkylation sites (tertiary alicyclic amines) is 1. The van der Waals surface area contributed by atoms with E-state index in [0.29, 0.717) is 38.2 Å². The lowest BCUT2D eigenvalue weighted by Crippen LogP contribution is -2.38. The molecule has 0 radical (unpaired) electrons. The zero-order chi connectivity index (χ0) is 21.1. The summed E-state index contributed by atoms with van der Waals surface area (Å²) in [6, 6.07) is 9.06. The largest absolute Gasteiger partial charge is 0.351 e. The predicted octanol–water partition coefficient (Wildman–Crippen LogP) is 3.96. The van der Waals surface area contributed by atoms with Crippen molar-refractivity contribution in [2.45, 2.75) is 25.3 Å². The average molecular weight is 431 g/mol. The number of hydrogen-bond acceptors (Lipinski definition) is 5. The van der Waals surface area contributed by atoms with Gasteiger partial charge in [0.15, 0.2) is 11.6 Å². The van der Waals surface area contributed by atoms with E-state index in [1.54, 1.807) is 17.4 Å². The number of carbonyl (C=O) groups is 2. The maximum atomic E-state index is 13.9. The van der Waals surface area contributed by atoms with Gasteiger partial charge < -0.3 is 14.7 Å². The average Bonchev–Trinajstić information content (AvgIpc) is 3.46. The van der Waals surface area contributed by atoms with Crippen LogP contribution in [-0.4, -0.2) is 35.0 Å². The second-order valence-electron chi connectivity index (χ2n) is 7.05. The van der Waals surface area contributed by atoms with Crippen LogP contribution in [0.15, 0.2) is 46.3 Å². The number of piperidine rings is 1. The van der Waals surface area contributed by atoms with Crippen LogP contribution in [-0.2, 0) is 6.54 Å². The number of carbonyl (C=O) groups excluding carboxylic acids is 2. The summed E-state index contributed by atoms with van der Waals surface area (Å²) >= 11 is 1.55. The minimum atomic E-state index is -1.13. The maximum absolute atomic E-state index is 13.9. The van der Waals surface area contributed by atoms with Crippen LogP contribution >= 0.6 is 11.3 Å². The number of thiophene rings is 1. The summed E-state index contributed by atoms with van der Waals surface area (Å²) in [5.41, 5.74) is 0.389. The molecule has 3 aromatic rings. The van der Waals surface area contributed by atoms with Crippen LogP contribution in [0.5, 0.6) is 0 Å². The molecule has 9 heteroatoms. The minimum absolute atomic E-state index is 0.0222. The van der Waals surface area contributed by atoms with Crippen LogP contribution in [0.4, 0.5) is 8.78 Å². The number of aromatic nitrogens is 1. The van der Waals surface area contributed by atoms with Crippen molar-refractivity contribution < 1.29 is 22.9 Å². The highest BCUT2D eigenvalue weighted by atomic mass is 32.1. The highest BCUT2D eigenvalue weighted by Crippen LogP contribution is 2.29. The molecule has 4 rings (SSSR count). The van der Waals surface area contributed by atoms with Crippen molar-refractivity contribution in [3.63, 3.8) is 0 Å². The Hall–Kier alpha value is -3.07. The molecule has 0 saturated carbocycles. The van der Waals surface area contributed by atoms with Gasteiger partial charge in [0.2, 0.25) is 5.76 Å². The summed E-state index contributed by atoms with van der Waals surface area (Å²) < 4.78 is 32.5. The Morgan fingerprint density at radius 2 is 2.00 bits per heavy atom. The number of benzene rings is 1. The Labute approximate surface area is 175 Å². The molecule has 1 N–H and O–H groups in total. The molecule has 0 spiro atoms. The fourth-order valence-electron chi connectivity index (χ4n) is 3.47. The van der Waals surface area contributed by atoms with E-state index in [9.17, 15) is 18.4 Å².